The molecule has 2 rings (SSSR count). The fraction of sp³-hybridized carbons (Fsp3) is 0.526. The number of hydrogen-bond donors (Lipinski definition) is 2. The maximum atomic E-state index is 12.4. The first-order valence-corrected chi connectivity index (χ1v) is 8.40. The van der Waals surface area contributed by atoms with Crippen LogP contribution >= 0.6 is 0 Å². The highest BCUT2D eigenvalue weighted by Gasteiger charge is 2.24. The van der Waals surface area contributed by atoms with Crippen LogP contribution in [-0.4, -0.2) is 22.8 Å². The SMILES string of the molecule is CC(N)=O.CC1CCC(C(=O)c2ccc(CCC(=O)O)cc2)CC1. The summed E-state index contributed by atoms with van der Waals surface area (Å²) in [6.45, 7) is 3.55. The number of rotatable bonds is 5. The van der Waals surface area contributed by atoms with Gasteiger partial charge < -0.3 is 10.8 Å². The molecule has 1 aromatic rings. The van der Waals surface area contributed by atoms with Crippen molar-refractivity contribution in [3.05, 3.63) is 35.4 Å². The average molecular weight is 333 g/mol. The first kappa shape index (κ1) is 19.9. The summed E-state index contributed by atoms with van der Waals surface area (Å²) in [5.74, 6) is 0.0525. The van der Waals surface area contributed by atoms with E-state index in [1.807, 2.05) is 24.3 Å². The molecule has 0 saturated heterocycles. The highest BCUT2D eigenvalue weighted by Crippen LogP contribution is 2.30. The molecule has 5 nitrogen and oxygen atoms in total. The molecule has 1 amide bonds. The van der Waals surface area contributed by atoms with E-state index in [-0.39, 0.29) is 24.0 Å². The van der Waals surface area contributed by atoms with Crippen molar-refractivity contribution in [2.24, 2.45) is 17.6 Å². The lowest BCUT2D eigenvalue weighted by Gasteiger charge is -2.25. The zero-order valence-corrected chi connectivity index (χ0v) is 14.5. The van der Waals surface area contributed by atoms with Gasteiger partial charge in [-0.15, -0.1) is 0 Å². The number of carboxylic acids is 1. The minimum atomic E-state index is -0.790. The van der Waals surface area contributed by atoms with Crippen molar-refractivity contribution in [3.63, 3.8) is 0 Å². The molecule has 0 bridgehead atoms. The van der Waals surface area contributed by atoms with Crippen LogP contribution in [0.25, 0.3) is 0 Å². The fourth-order valence-corrected chi connectivity index (χ4v) is 2.84. The summed E-state index contributed by atoms with van der Waals surface area (Å²) in [6.07, 6.45) is 4.94. The smallest absolute Gasteiger partial charge is 0.303 e. The first-order chi connectivity index (χ1) is 11.3. The molecule has 0 aliphatic heterocycles. The number of nitrogens with two attached hydrogens (primary N) is 1. The van der Waals surface area contributed by atoms with Gasteiger partial charge in [0.05, 0.1) is 0 Å². The molecule has 5 heteroatoms. The van der Waals surface area contributed by atoms with E-state index in [4.69, 9.17) is 5.11 Å². The quantitative estimate of drug-likeness (QED) is 0.808. The van der Waals surface area contributed by atoms with Crippen LogP contribution in [0.15, 0.2) is 24.3 Å². The summed E-state index contributed by atoms with van der Waals surface area (Å²) in [5.41, 5.74) is 6.21. The Morgan fingerprint density at radius 1 is 1.08 bits per heavy atom. The number of carboxylic acid groups (broad SMARTS) is 1. The second kappa shape index (κ2) is 9.85. The number of hydrogen-bond acceptors (Lipinski definition) is 3. The van der Waals surface area contributed by atoms with E-state index in [0.717, 1.165) is 42.7 Å². The van der Waals surface area contributed by atoms with Crippen LogP contribution in [-0.2, 0) is 16.0 Å². The summed E-state index contributed by atoms with van der Waals surface area (Å²) < 4.78 is 0. The van der Waals surface area contributed by atoms with Crippen LogP contribution in [0.2, 0.25) is 0 Å². The number of ketones is 1. The maximum absolute atomic E-state index is 12.4. The third-order valence-electron chi connectivity index (χ3n) is 4.25. The first-order valence-electron chi connectivity index (χ1n) is 8.40. The number of primary amides is 1. The molecule has 0 radical (unpaired) electrons. The van der Waals surface area contributed by atoms with Crippen molar-refractivity contribution >= 4 is 17.7 Å². The molecule has 0 spiro atoms. The minimum absolute atomic E-state index is 0.133. The molecule has 1 aliphatic rings. The maximum Gasteiger partial charge on any atom is 0.303 e. The average Bonchev–Trinajstić information content (AvgIpc) is 2.53. The van der Waals surface area contributed by atoms with Crippen molar-refractivity contribution in [3.8, 4) is 0 Å². The third kappa shape index (κ3) is 7.40. The highest BCUT2D eigenvalue weighted by molar-refractivity contribution is 5.97. The Labute approximate surface area is 143 Å². The van der Waals surface area contributed by atoms with E-state index in [0.29, 0.717) is 6.42 Å². The lowest BCUT2D eigenvalue weighted by molar-refractivity contribution is -0.137. The number of carbonyl (C=O) groups is 3. The second-order valence-electron chi connectivity index (χ2n) is 6.52. The third-order valence-corrected chi connectivity index (χ3v) is 4.25. The lowest BCUT2D eigenvalue weighted by atomic mass is 9.79. The van der Waals surface area contributed by atoms with Gasteiger partial charge in [-0.3, -0.25) is 14.4 Å². The molecule has 1 saturated carbocycles. The molecule has 3 N–H and O–H groups in total. The molecule has 0 unspecified atom stereocenters. The lowest BCUT2D eigenvalue weighted by Crippen LogP contribution is -2.20. The predicted molar refractivity (Wildman–Crippen MR) is 92.7 cm³/mol. The van der Waals surface area contributed by atoms with Gasteiger partial charge in [0.15, 0.2) is 5.78 Å². The molecule has 0 aromatic heterocycles. The van der Waals surface area contributed by atoms with Crippen molar-refractivity contribution in [1.29, 1.82) is 0 Å². The number of aryl methyl sites for hydroxylation is 1. The molecule has 1 fully saturated rings. The van der Waals surface area contributed by atoms with E-state index in [1.165, 1.54) is 6.92 Å². The highest BCUT2D eigenvalue weighted by atomic mass is 16.4. The van der Waals surface area contributed by atoms with Gasteiger partial charge in [-0.05, 0) is 30.7 Å². The van der Waals surface area contributed by atoms with Gasteiger partial charge in [-0.25, -0.2) is 0 Å². The van der Waals surface area contributed by atoms with Crippen molar-refractivity contribution in [2.45, 2.75) is 52.4 Å². The molecule has 1 aromatic carbocycles. The topological polar surface area (TPSA) is 97.5 Å². The zero-order chi connectivity index (χ0) is 18.1. The van der Waals surface area contributed by atoms with Gasteiger partial charge in [0.2, 0.25) is 5.91 Å². The number of aliphatic carboxylic acids is 1. The Balaban J connectivity index is 0.000000648. The molecule has 132 valence electrons. The Hall–Kier alpha value is -2.17. The van der Waals surface area contributed by atoms with E-state index < -0.39 is 5.97 Å². The number of carbonyl (C=O) groups excluding carboxylic acids is 2. The van der Waals surface area contributed by atoms with E-state index in [9.17, 15) is 14.4 Å². The molecule has 24 heavy (non-hydrogen) atoms. The standard InChI is InChI=1S/C17H22O3.C2H5NO/c1-12-2-7-14(8-3-12)17(20)15-9-4-13(5-10-15)6-11-16(18)19;1-2(3)4/h4-5,9-10,12,14H,2-3,6-8,11H2,1H3,(H,18,19);1H3,(H2,3,4). The van der Waals surface area contributed by atoms with Gasteiger partial charge in [0.25, 0.3) is 0 Å². The van der Waals surface area contributed by atoms with Crippen LogP contribution in [0.3, 0.4) is 0 Å². The monoisotopic (exact) mass is 333 g/mol. The largest absolute Gasteiger partial charge is 0.481 e. The van der Waals surface area contributed by atoms with E-state index in [2.05, 4.69) is 12.7 Å². The molecule has 0 atom stereocenters. The molecule has 0 heterocycles. The zero-order valence-electron chi connectivity index (χ0n) is 14.5. The normalized spacial score (nSPS) is 19.8. The number of amides is 1. The van der Waals surface area contributed by atoms with Crippen LogP contribution in [0.5, 0.6) is 0 Å². The predicted octanol–water partition coefficient (Wildman–Crippen LogP) is 3.20. The Bertz CT molecular complexity index is 553. The Kier molecular flexibility index (Phi) is 8.16. The molecule has 1 aliphatic carbocycles. The van der Waals surface area contributed by atoms with Crippen LogP contribution in [0, 0.1) is 11.8 Å². The van der Waals surface area contributed by atoms with Crippen LogP contribution in [0.1, 0.15) is 61.9 Å². The van der Waals surface area contributed by atoms with Crippen molar-refractivity contribution < 1.29 is 19.5 Å². The van der Waals surface area contributed by atoms with Gasteiger partial charge >= 0.3 is 5.97 Å². The van der Waals surface area contributed by atoms with E-state index >= 15 is 0 Å². The van der Waals surface area contributed by atoms with Gasteiger partial charge in [-0.2, -0.15) is 0 Å². The van der Waals surface area contributed by atoms with Crippen molar-refractivity contribution in [2.75, 3.05) is 0 Å². The Morgan fingerprint density at radius 3 is 2.04 bits per heavy atom. The number of benzene rings is 1. The summed E-state index contributed by atoms with van der Waals surface area (Å²) in [5, 5.41) is 8.66. The van der Waals surface area contributed by atoms with Crippen molar-refractivity contribution in [1.82, 2.24) is 0 Å². The fourth-order valence-electron chi connectivity index (χ4n) is 2.84. The summed E-state index contributed by atoms with van der Waals surface area (Å²) >= 11 is 0. The van der Waals surface area contributed by atoms with E-state index in [1.54, 1.807) is 0 Å². The Morgan fingerprint density at radius 2 is 1.58 bits per heavy atom. The number of Topliss-reactive ketones (excluding diaryl/α,β-unsaturated/α-hetero) is 1. The van der Waals surface area contributed by atoms with Crippen LogP contribution in [0.4, 0.5) is 0 Å². The molecular weight excluding hydrogens is 306 g/mol. The second-order valence-corrected chi connectivity index (χ2v) is 6.52. The molecular formula is C19H27NO4. The van der Waals surface area contributed by atoms with Gasteiger partial charge in [-0.1, -0.05) is 44.0 Å². The summed E-state index contributed by atoms with van der Waals surface area (Å²) in [4.78, 5) is 32.1. The summed E-state index contributed by atoms with van der Waals surface area (Å²) in [6, 6.07) is 7.44. The van der Waals surface area contributed by atoms with Crippen LogP contribution < -0.4 is 5.73 Å². The van der Waals surface area contributed by atoms with Gasteiger partial charge in [0, 0.05) is 24.8 Å². The summed E-state index contributed by atoms with van der Waals surface area (Å²) in [7, 11) is 0. The minimum Gasteiger partial charge on any atom is -0.481 e. The van der Waals surface area contributed by atoms with Gasteiger partial charge in [0.1, 0.15) is 0 Å².